The zero-order valence-electron chi connectivity index (χ0n) is 16.3. The summed E-state index contributed by atoms with van der Waals surface area (Å²) in [5.41, 5.74) is 3.04. The second-order valence-corrected chi connectivity index (χ2v) is 7.39. The molecule has 0 aliphatic carbocycles. The van der Waals surface area contributed by atoms with Crippen LogP contribution in [0.5, 0.6) is 0 Å². The first-order valence-electron chi connectivity index (χ1n) is 9.61. The van der Waals surface area contributed by atoms with Crippen LogP contribution in [0.25, 0.3) is 11.4 Å². The highest BCUT2D eigenvalue weighted by molar-refractivity contribution is 5.93. The molecule has 1 aliphatic rings. The first kappa shape index (κ1) is 18.2. The van der Waals surface area contributed by atoms with Gasteiger partial charge in [0.1, 0.15) is 11.5 Å². The van der Waals surface area contributed by atoms with Crippen LogP contribution in [0.3, 0.4) is 0 Å². The van der Waals surface area contributed by atoms with Crippen molar-refractivity contribution >= 4 is 5.91 Å². The largest absolute Gasteiger partial charge is 0.337 e. The predicted octanol–water partition coefficient (Wildman–Crippen LogP) is 2.84. The van der Waals surface area contributed by atoms with Gasteiger partial charge in [0, 0.05) is 50.2 Å². The molecule has 1 fully saturated rings. The molecule has 144 valence electrons. The van der Waals surface area contributed by atoms with Crippen molar-refractivity contribution in [3.05, 3.63) is 76.0 Å². The van der Waals surface area contributed by atoms with E-state index in [0.29, 0.717) is 23.6 Å². The highest BCUT2D eigenvalue weighted by atomic mass is 16.2. The fourth-order valence-corrected chi connectivity index (χ4v) is 3.73. The van der Waals surface area contributed by atoms with E-state index in [4.69, 9.17) is 0 Å². The summed E-state index contributed by atoms with van der Waals surface area (Å²) in [6.45, 7) is 3.99. The molecule has 0 radical (unpaired) electrons. The number of hydrogen-bond acceptors (Lipinski definition) is 3. The zero-order chi connectivity index (χ0) is 19.7. The maximum Gasteiger partial charge on any atom is 0.274 e. The molecule has 0 spiro atoms. The van der Waals surface area contributed by atoms with Gasteiger partial charge < -0.3 is 14.0 Å². The smallest absolute Gasteiger partial charge is 0.274 e. The van der Waals surface area contributed by atoms with Crippen LogP contribution in [0.2, 0.25) is 0 Å². The number of carbonyl (C=O) groups is 1. The summed E-state index contributed by atoms with van der Waals surface area (Å²) in [5, 5.41) is 0. The maximum atomic E-state index is 12.9. The van der Waals surface area contributed by atoms with Crippen molar-refractivity contribution in [1.82, 2.24) is 19.0 Å². The highest BCUT2D eigenvalue weighted by Gasteiger charge is 2.23. The van der Waals surface area contributed by atoms with Gasteiger partial charge in [-0.15, -0.1) is 0 Å². The Balaban J connectivity index is 1.78. The van der Waals surface area contributed by atoms with Gasteiger partial charge in [0.15, 0.2) is 0 Å². The van der Waals surface area contributed by atoms with Crippen molar-refractivity contribution in [2.24, 2.45) is 7.05 Å². The van der Waals surface area contributed by atoms with Gasteiger partial charge in [-0.3, -0.25) is 9.59 Å². The van der Waals surface area contributed by atoms with E-state index in [1.165, 1.54) is 0 Å². The van der Waals surface area contributed by atoms with Crippen LogP contribution >= 0.6 is 0 Å². The second kappa shape index (κ2) is 7.46. The molecule has 6 nitrogen and oxygen atoms in total. The van der Waals surface area contributed by atoms with E-state index in [9.17, 15) is 9.59 Å². The van der Waals surface area contributed by atoms with Gasteiger partial charge in [-0.05, 0) is 31.4 Å². The predicted molar refractivity (Wildman–Crippen MR) is 108 cm³/mol. The lowest BCUT2D eigenvalue weighted by atomic mass is 10.2. The highest BCUT2D eigenvalue weighted by Crippen LogP contribution is 2.22. The van der Waals surface area contributed by atoms with Gasteiger partial charge in [0.05, 0.1) is 0 Å². The summed E-state index contributed by atoms with van der Waals surface area (Å²) in [6, 6.07) is 11.9. The fourth-order valence-electron chi connectivity index (χ4n) is 3.73. The average Bonchev–Trinajstić information content (AvgIpc) is 3.36. The Morgan fingerprint density at radius 2 is 1.82 bits per heavy atom. The van der Waals surface area contributed by atoms with Gasteiger partial charge in [-0.2, -0.15) is 0 Å². The Morgan fingerprint density at radius 3 is 2.50 bits per heavy atom. The first-order chi connectivity index (χ1) is 13.5. The lowest BCUT2D eigenvalue weighted by Crippen LogP contribution is -2.27. The van der Waals surface area contributed by atoms with Gasteiger partial charge in [-0.25, -0.2) is 4.98 Å². The molecule has 1 aromatic carbocycles. The standard InChI is InChI=1S/C22H24N4O2/c1-16-12-18(14-24(2)21(16)27)20-23-19(22(28)25-10-6-7-11-25)15-26(20)13-17-8-4-3-5-9-17/h3-5,8-9,12,14-15H,6-7,10-11,13H2,1-2H3. The van der Waals surface area contributed by atoms with Crippen molar-refractivity contribution in [3.8, 4) is 11.4 Å². The Hall–Kier alpha value is -3.15. The lowest BCUT2D eigenvalue weighted by Gasteiger charge is -2.12. The number of pyridine rings is 1. The van der Waals surface area contributed by atoms with E-state index in [0.717, 1.165) is 37.1 Å². The number of benzene rings is 1. The number of nitrogens with zero attached hydrogens (tertiary/aromatic N) is 4. The minimum atomic E-state index is -0.0294. The molecule has 0 saturated carbocycles. The number of amides is 1. The number of aryl methyl sites for hydroxylation is 2. The topological polar surface area (TPSA) is 60.1 Å². The van der Waals surface area contributed by atoms with E-state index in [1.54, 1.807) is 24.7 Å². The minimum absolute atomic E-state index is 0.0212. The summed E-state index contributed by atoms with van der Waals surface area (Å²) < 4.78 is 3.56. The average molecular weight is 376 g/mol. The number of aromatic nitrogens is 3. The molecule has 1 aliphatic heterocycles. The van der Waals surface area contributed by atoms with Crippen LogP contribution in [0, 0.1) is 6.92 Å². The summed E-state index contributed by atoms with van der Waals surface area (Å²) >= 11 is 0. The molecule has 1 amide bonds. The van der Waals surface area contributed by atoms with Crippen LogP contribution in [-0.2, 0) is 13.6 Å². The van der Waals surface area contributed by atoms with Crippen LogP contribution in [0.15, 0.2) is 53.6 Å². The molecule has 2 aromatic heterocycles. The number of rotatable bonds is 4. The van der Waals surface area contributed by atoms with Crippen LogP contribution in [0.1, 0.15) is 34.5 Å². The molecule has 3 aromatic rings. The van der Waals surface area contributed by atoms with Gasteiger partial charge >= 0.3 is 0 Å². The molecule has 28 heavy (non-hydrogen) atoms. The first-order valence-corrected chi connectivity index (χ1v) is 9.61. The molecule has 1 saturated heterocycles. The van der Waals surface area contributed by atoms with Crippen molar-refractivity contribution < 1.29 is 4.79 Å². The third kappa shape index (κ3) is 3.50. The van der Waals surface area contributed by atoms with E-state index >= 15 is 0 Å². The van der Waals surface area contributed by atoms with E-state index in [2.05, 4.69) is 17.1 Å². The summed E-state index contributed by atoms with van der Waals surface area (Å²) in [4.78, 5) is 31.5. The van der Waals surface area contributed by atoms with Crippen molar-refractivity contribution in [2.75, 3.05) is 13.1 Å². The van der Waals surface area contributed by atoms with E-state index in [1.807, 2.05) is 39.9 Å². The number of likely N-dealkylation sites (tertiary alicyclic amines) is 1. The minimum Gasteiger partial charge on any atom is -0.337 e. The molecular formula is C22H24N4O2. The van der Waals surface area contributed by atoms with Crippen molar-refractivity contribution in [3.63, 3.8) is 0 Å². The summed E-state index contributed by atoms with van der Waals surface area (Å²) in [6.07, 6.45) is 5.71. The molecule has 0 N–H and O–H groups in total. The lowest BCUT2D eigenvalue weighted by molar-refractivity contribution is 0.0787. The quantitative estimate of drug-likeness (QED) is 0.703. The Labute approximate surface area is 164 Å². The Morgan fingerprint density at radius 1 is 1.11 bits per heavy atom. The van der Waals surface area contributed by atoms with Crippen molar-refractivity contribution in [1.29, 1.82) is 0 Å². The van der Waals surface area contributed by atoms with Crippen LogP contribution in [0.4, 0.5) is 0 Å². The molecule has 0 atom stereocenters. The summed E-state index contributed by atoms with van der Waals surface area (Å²) in [5.74, 6) is 0.678. The molecule has 3 heterocycles. The van der Waals surface area contributed by atoms with E-state index in [-0.39, 0.29) is 11.5 Å². The van der Waals surface area contributed by atoms with Gasteiger partial charge in [0.25, 0.3) is 11.5 Å². The second-order valence-electron chi connectivity index (χ2n) is 7.39. The third-order valence-corrected chi connectivity index (χ3v) is 5.21. The molecular weight excluding hydrogens is 352 g/mol. The van der Waals surface area contributed by atoms with Gasteiger partial charge in [0.2, 0.25) is 0 Å². The zero-order valence-corrected chi connectivity index (χ0v) is 16.3. The summed E-state index contributed by atoms with van der Waals surface area (Å²) in [7, 11) is 1.74. The molecule has 0 bridgehead atoms. The van der Waals surface area contributed by atoms with Crippen LogP contribution < -0.4 is 5.56 Å². The van der Waals surface area contributed by atoms with Gasteiger partial charge in [-0.1, -0.05) is 30.3 Å². The monoisotopic (exact) mass is 376 g/mol. The normalized spacial score (nSPS) is 13.9. The third-order valence-electron chi connectivity index (χ3n) is 5.21. The van der Waals surface area contributed by atoms with Crippen molar-refractivity contribution in [2.45, 2.75) is 26.3 Å². The number of hydrogen-bond donors (Lipinski definition) is 0. The van der Waals surface area contributed by atoms with Crippen LogP contribution in [-0.4, -0.2) is 38.0 Å². The van der Waals surface area contributed by atoms with E-state index < -0.39 is 0 Å². The molecule has 6 heteroatoms. The maximum absolute atomic E-state index is 12.9. The molecule has 4 rings (SSSR count). The fraction of sp³-hybridized carbons (Fsp3) is 0.318. The molecule has 0 unspecified atom stereocenters. The number of imidazole rings is 1. The SMILES string of the molecule is Cc1cc(-c2nc(C(=O)N3CCCC3)cn2Cc2ccccc2)cn(C)c1=O. The number of carbonyl (C=O) groups excluding carboxylic acids is 1. The Kier molecular flexibility index (Phi) is 4.86. The Bertz CT molecular complexity index is 1030.